The zero-order valence-corrected chi connectivity index (χ0v) is 16.7. The lowest BCUT2D eigenvalue weighted by atomic mass is 10.2. The number of hydrogen-bond donors (Lipinski definition) is 2. The van der Waals surface area contributed by atoms with Gasteiger partial charge in [0.2, 0.25) is 5.91 Å². The van der Waals surface area contributed by atoms with Crippen molar-refractivity contribution in [3.63, 3.8) is 0 Å². The second kappa shape index (κ2) is 9.25. The molecule has 0 aliphatic heterocycles. The van der Waals surface area contributed by atoms with E-state index in [0.717, 1.165) is 0 Å². The average Bonchev–Trinajstić information content (AvgIpc) is 2.48. The quantitative estimate of drug-likeness (QED) is 0.736. The second-order valence-corrected chi connectivity index (χ2v) is 7.81. The topological polar surface area (TPSA) is 103 Å². The first kappa shape index (κ1) is 22.3. The van der Waals surface area contributed by atoms with Crippen LogP contribution >= 0.6 is 0 Å². The maximum atomic E-state index is 11.9. The van der Waals surface area contributed by atoms with Gasteiger partial charge in [-0.1, -0.05) is 6.07 Å². The van der Waals surface area contributed by atoms with Crippen LogP contribution in [0.4, 0.5) is 10.5 Å². The van der Waals surface area contributed by atoms with E-state index in [4.69, 9.17) is 14.2 Å². The largest absolute Gasteiger partial charge is 0.482 e. The molecule has 0 heterocycles. The highest BCUT2D eigenvalue weighted by Gasteiger charge is 2.17. The Kier molecular flexibility index (Phi) is 7.63. The number of esters is 1. The molecule has 0 aliphatic rings. The molecule has 0 saturated carbocycles. The normalized spacial score (nSPS) is 11.3. The van der Waals surface area contributed by atoms with E-state index in [1.807, 2.05) is 0 Å². The van der Waals surface area contributed by atoms with Gasteiger partial charge in [0.25, 0.3) is 0 Å². The Balaban J connectivity index is 2.48. The van der Waals surface area contributed by atoms with Crippen molar-refractivity contribution in [1.29, 1.82) is 0 Å². The van der Waals surface area contributed by atoms with Crippen LogP contribution in [0.25, 0.3) is 0 Å². The molecule has 0 radical (unpaired) electrons. The Morgan fingerprint density at radius 2 is 1.59 bits per heavy atom. The van der Waals surface area contributed by atoms with Crippen molar-refractivity contribution >= 4 is 23.7 Å². The molecule has 150 valence electrons. The molecule has 2 N–H and O–H groups in total. The number of amides is 2. The molecule has 27 heavy (non-hydrogen) atoms. The van der Waals surface area contributed by atoms with Gasteiger partial charge in [0.05, 0.1) is 0 Å². The fourth-order valence-electron chi connectivity index (χ4n) is 1.85. The Hall–Kier alpha value is -2.77. The lowest BCUT2D eigenvalue weighted by Gasteiger charge is -2.19. The van der Waals surface area contributed by atoms with Crippen molar-refractivity contribution in [2.45, 2.75) is 52.7 Å². The van der Waals surface area contributed by atoms with Gasteiger partial charge >= 0.3 is 12.1 Å². The predicted octanol–water partition coefficient (Wildman–Crippen LogP) is 2.87. The molecule has 0 fully saturated rings. The molecule has 1 aromatic carbocycles. The number of anilines is 1. The minimum absolute atomic E-state index is 0.238. The summed E-state index contributed by atoms with van der Waals surface area (Å²) < 4.78 is 15.6. The van der Waals surface area contributed by atoms with E-state index in [9.17, 15) is 14.4 Å². The van der Waals surface area contributed by atoms with Crippen molar-refractivity contribution in [2.75, 3.05) is 18.5 Å². The summed E-state index contributed by atoms with van der Waals surface area (Å²) in [4.78, 5) is 35.1. The highest BCUT2D eigenvalue weighted by Crippen LogP contribution is 2.17. The van der Waals surface area contributed by atoms with E-state index >= 15 is 0 Å². The minimum Gasteiger partial charge on any atom is -0.482 e. The lowest BCUT2D eigenvalue weighted by Crippen LogP contribution is -2.37. The summed E-state index contributed by atoms with van der Waals surface area (Å²) >= 11 is 0. The molecule has 2 amide bonds. The third-order valence-corrected chi connectivity index (χ3v) is 2.69. The van der Waals surface area contributed by atoms with Crippen molar-refractivity contribution < 1.29 is 28.6 Å². The van der Waals surface area contributed by atoms with E-state index < -0.39 is 29.2 Å². The van der Waals surface area contributed by atoms with Gasteiger partial charge in [-0.25, -0.2) is 9.59 Å². The zero-order valence-electron chi connectivity index (χ0n) is 16.7. The molecule has 0 spiro atoms. The SMILES string of the molecule is CC(C)(C)OC(=O)COc1cccc(NC(=O)CNC(=O)OC(C)(C)C)c1. The maximum absolute atomic E-state index is 11.9. The van der Waals surface area contributed by atoms with Crippen molar-refractivity contribution in [3.8, 4) is 5.75 Å². The molecule has 8 nitrogen and oxygen atoms in total. The van der Waals surface area contributed by atoms with Crippen LogP contribution in [-0.4, -0.2) is 42.3 Å². The van der Waals surface area contributed by atoms with Gasteiger partial charge in [-0.2, -0.15) is 0 Å². The number of ether oxygens (including phenoxy) is 3. The summed E-state index contributed by atoms with van der Waals surface area (Å²) in [6.45, 7) is 10.0. The molecule has 1 aromatic rings. The van der Waals surface area contributed by atoms with Gasteiger partial charge in [0.15, 0.2) is 6.61 Å². The second-order valence-electron chi connectivity index (χ2n) is 7.81. The van der Waals surface area contributed by atoms with Gasteiger partial charge in [0, 0.05) is 11.8 Å². The molecule has 0 saturated heterocycles. The van der Waals surface area contributed by atoms with E-state index in [0.29, 0.717) is 11.4 Å². The van der Waals surface area contributed by atoms with Crippen LogP contribution in [-0.2, 0) is 19.1 Å². The van der Waals surface area contributed by atoms with Crippen LogP contribution in [0.5, 0.6) is 5.75 Å². The molecule has 0 aromatic heterocycles. The smallest absolute Gasteiger partial charge is 0.408 e. The first-order chi connectivity index (χ1) is 12.3. The van der Waals surface area contributed by atoms with Crippen LogP contribution in [0.2, 0.25) is 0 Å². The third kappa shape index (κ3) is 10.7. The fraction of sp³-hybridized carbons (Fsp3) is 0.526. The summed E-state index contributed by atoms with van der Waals surface area (Å²) in [5.41, 5.74) is -0.759. The Morgan fingerprint density at radius 1 is 0.963 bits per heavy atom. The van der Waals surface area contributed by atoms with Crippen molar-refractivity contribution in [1.82, 2.24) is 5.32 Å². The molecule has 0 aliphatic carbocycles. The molecule has 0 bridgehead atoms. The average molecular weight is 380 g/mol. The van der Waals surface area contributed by atoms with E-state index in [1.165, 1.54) is 0 Å². The first-order valence-corrected chi connectivity index (χ1v) is 8.55. The van der Waals surface area contributed by atoms with Gasteiger partial charge < -0.3 is 24.8 Å². The Morgan fingerprint density at radius 3 is 2.19 bits per heavy atom. The van der Waals surface area contributed by atoms with Crippen molar-refractivity contribution in [3.05, 3.63) is 24.3 Å². The highest BCUT2D eigenvalue weighted by molar-refractivity contribution is 5.94. The Labute approximate surface area is 159 Å². The molecular formula is C19H28N2O6. The van der Waals surface area contributed by atoms with Crippen LogP contribution in [0.1, 0.15) is 41.5 Å². The number of alkyl carbamates (subject to hydrolysis) is 1. The van der Waals surface area contributed by atoms with Gasteiger partial charge in [-0.15, -0.1) is 0 Å². The number of hydrogen-bond acceptors (Lipinski definition) is 6. The monoisotopic (exact) mass is 380 g/mol. The highest BCUT2D eigenvalue weighted by atomic mass is 16.6. The maximum Gasteiger partial charge on any atom is 0.408 e. The summed E-state index contributed by atoms with van der Waals surface area (Å²) in [5, 5.41) is 4.99. The summed E-state index contributed by atoms with van der Waals surface area (Å²) in [5.74, 6) is -0.512. The van der Waals surface area contributed by atoms with E-state index in [1.54, 1.807) is 65.8 Å². The molecule has 0 atom stereocenters. The van der Waals surface area contributed by atoms with Crippen LogP contribution in [0.3, 0.4) is 0 Å². The standard InChI is InChI=1S/C19H28N2O6/c1-18(2,3)26-16(23)12-25-14-9-7-8-13(10-14)21-15(22)11-20-17(24)27-19(4,5)6/h7-10H,11-12H2,1-6H3,(H,20,24)(H,21,22). The van der Waals surface area contributed by atoms with Crippen LogP contribution < -0.4 is 15.4 Å². The molecular weight excluding hydrogens is 352 g/mol. The first-order valence-electron chi connectivity index (χ1n) is 8.55. The van der Waals surface area contributed by atoms with E-state index in [-0.39, 0.29) is 13.2 Å². The van der Waals surface area contributed by atoms with Crippen molar-refractivity contribution in [2.24, 2.45) is 0 Å². The summed E-state index contributed by atoms with van der Waals surface area (Å²) in [6.07, 6.45) is -0.674. The lowest BCUT2D eigenvalue weighted by molar-refractivity contribution is -0.157. The number of nitrogens with one attached hydrogen (secondary N) is 2. The van der Waals surface area contributed by atoms with Crippen LogP contribution in [0, 0.1) is 0 Å². The van der Waals surface area contributed by atoms with E-state index in [2.05, 4.69) is 10.6 Å². The number of rotatable bonds is 6. The summed E-state index contributed by atoms with van der Waals surface area (Å²) in [6, 6.07) is 6.54. The van der Waals surface area contributed by atoms with Gasteiger partial charge in [-0.3, -0.25) is 4.79 Å². The predicted molar refractivity (Wildman–Crippen MR) is 101 cm³/mol. The zero-order chi connectivity index (χ0) is 20.7. The van der Waals surface area contributed by atoms with Gasteiger partial charge in [0.1, 0.15) is 23.5 Å². The molecule has 0 unspecified atom stereocenters. The third-order valence-electron chi connectivity index (χ3n) is 2.69. The molecule has 1 rings (SSSR count). The number of benzene rings is 1. The van der Waals surface area contributed by atoms with Gasteiger partial charge in [-0.05, 0) is 53.7 Å². The van der Waals surface area contributed by atoms with Crippen LogP contribution in [0.15, 0.2) is 24.3 Å². The minimum atomic E-state index is -0.674. The number of carbonyl (C=O) groups is 3. The fourth-order valence-corrected chi connectivity index (χ4v) is 1.85. The summed E-state index contributed by atoms with van der Waals surface area (Å²) in [7, 11) is 0. The Bertz CT molecular complexity index is 674. The number of carbonyl (C=O) groups excluding carboxylic acids is 3. The molecule has 8 heteroatoms.